The van der Waals surface area contributed by atoms with Crippen LogP contribution >= 0.6 is 0 Å². The third-order valence-electron chi connectivity index (χ3n) is 12.5. The van der Waals surface area contributed by atoms with Gasteiger partial charge < -0.3 is 38.2 Å². The second-order valence-corrected chi connectivity index (χ2v) is 17.4. The minimum absolute atomic E-state index is 0. The van der Waals surface area contributed by atoms with Gasteiger partial charge in [0.05, 0.1) is 68.3 Å². The van der Waals surface area contributed by atoms with E-state index in [1.165, 1.54) is 0 Å². The Hall–Kier alpha value is -9.68. The van der Waals surface area contributed by atoms with Crippen LogP contribution in [-0.2, 0) is 20.1 Å². The van der Waals surface area contributed by atoms with Gasteiger partial charge in [-0.2, -0.15) is 24.3 Å². The fourth-order valence-electron chi connectivity index (χ4n) is 8.79. The average Bonchev–Trinajstić information content (AvgIpc) is 4.39. The van der Waals surface area contributed by atoms with Crippen LogP contribution in [0.25, 0.3) is 79.3 Å². The molecule has 13 heteroatoms. The van der Waals surface area contributed by atoms with Gasteiger partial charge in [-0.15, -0.1) is 24.3 Å². The fourth-order valence-corrected chi connectivity index (χ4v) is 8.79. The Morgan fingerprint density at radius 1 is 0.443 bits per heavy atom. The molecule has 8 aromatic carbocycles. The summed E-state index contributed by atoms with van der Waals surface area (Å²) >= 11 is 0. The zero-order valence-corrected chi connectivity index (χ0v) is 46.4. The smallest absolute Gasteiger partial charge is 0.268 e. The molecule has 4 heterocycles. The minimum Gasteiger partial charge on any atom is -0.523 e. The van der Waals surface area contributed by atoms with Gasteiger partial charge in [0.25, 0.3) is 12.7 Å². The van der Waals surface area contributed by atoms with Crippen molar-refractivity contribution in [1.82, 2.24) is 29.3 Å². The monoisotopic (exact) mass is 1210 g/mol. The van der Waals surface area contributed by atoms with Gasteiger partial charge in [0.2, 0.25) is 0 Å². The molecule has 0 fully saturated rings. The first-order valence-electron chi connectivity index (χ1n) is 25.0. The fraction of sp³-hybridized carbons (Fsp3) is 0.0758. The van der Waals surface area contributed by atoms with E-state index in [0.29, 0.717) is 11.6 Å². The molecule has 0 aliphatic heterocycles. The van der Waals surface area contributed by atoms with Crippen molar-refractivity contribution in [2.45, 2.75) is 6.92 Å². The van der Waals surface area contributed by atoms with Crippen molar-refractivity contribution in [1.29, 1.82) is 0 Å². The molecule has 4 aromatic heterocycles. The number of hydrogen-bond donors (Lipinski definition) is 0. The summed E-state index contributed by atoms with van der Waals surface area (Å²) in [7, 11) is 6.69. The molecular weight excluding hydrogens is 1160 g/mol. The quantitative estimate of drug-likeness (QED) is 0.0830. The van der Waals surface area contributed by atoms with E-state index in [1.54, 1.807) is 41.6 Å². The van der Waals surface area contributed by atoms with Crippen molar-refractivity contribution in [3.63, 3.8) is 0 Å². The van der Waals surface area contributed by atoms with Gasteiger partial charge in [-0.1, -0.05) is 140 Å². The second-order valence-electron chi connectivity index (χ2n) is 17.4. The Labute approximate surface area is 473 Å². The second kappa shape index (κ2) is 25.9. The first-order chi connectivity index (χ1) is 38.4. The van der Waals surface area contributed by atoms with E-state index in [0.717, 1.165) is 96.5 Å². The number of nitrogens with zero attached hydrogens (tertiary/aromatic N) is 8. The number of aryl methyl sites for hydroxylation is 1. The molecule has 12 nitrogen and oxygen atoms in total. The zero-order chi connectivity index (χ0) is 53.6. The van der Waals surface area contributed by atoms with Crippen molar-refractivity contribution in [2.24, 2.45) is 0 Å². The number of rotatable bonds is 13. The topological polar surface area (TPSA) is 107 Å². The van der Waals surface area contributed by atoms with Gasteiger partial charge in [0, 0.05) is 43.6 Å². The molecule has 0 saturated heterocycles. The molecule has 0 spiro atoms. The van der Waals surface area contributed by atoms with Crippen LogP contribution in [0.3, 0.4) is 0 Å². The van der Waals surface area contributed by atoms with Crippen LogP contribution in [0.4, 0.5) is 0 Å². The van der Waals surface area contributed by atoms with Crippen molar-refractivity contribution in [2.75, 3.05) is 28.4 Å². The average molecular weight is 1210 g/mol. The van der Waals surface area contributed by atoms with E-state index in [-0.39, 0.29) is 20.1 Å². The Morgan fingerprint density at radius 2 is 0.848 bits per heavy atom. The van der Waals surface area contributed by atoms with Gasteiger partial charge in [-0.25, -0.2) is 0 Å². The van der Waals surface area contributed by atoms with E-state index >= 15 is 0 Å². The summed E-state index contributed by atoms with van der Waals surface area (Å²) in [6.07, 6.45) is 8.86. The molecule has 0 aliphatic rings. The largest absolute Gasteiger partial charge is 0.523 e. The molecule has 1 radical (unpaired) electrons. The van der Waals surface area contributed by atoms with Crippen LogP contribution in [0.15, 0.2) is 231 Å². The maximum atomic E-state index is 5.50. The third-order valence-corrected chi connectivity index (χ3v) is 12.5. The van der Waals surface area contributed by atoms with Crippen molar-refractivity contribution < 1.29 is 48.2 Å². The molecule has 393 valence electrons. The van der Waals surface area contributed by atoms with Crippen molar-refractivity contribution in [3.05, 3.63) is 261 Å². The Bertz CT molecular complexity index is 3440. The van der Waals surface area contributed by atoms with Gasteiger partial charge >= 0.3 is 0 Å². The molecule has 0 unspecified atom stereocenters. The van der Waals surface area contributed by atoms with Gasteiger partial charge in [0.1, 0.15) is 11.5 Å². The molecule has 79 heavy (non-hydrogen) atoms. The molecule has 0 atom stereocenters. The zero-order valence-electron chi connectivity index (χ0n) is 44.0. The number of methoxy groups -OCH3 is 4. The number of aromatic nitrogens is 8. The minimum atomic E-state index is 0. The number of imidazole rings is 2. The van der Waals surface area contributed by atoms with E-state index in [2.05, 4.69) is 139 Å². The SMILES string of the molecule is COc1cc[c-]c(-n2[c-][n+](-c3cccc(OC)c3)c(-c3ccccc3)c2-c2ccccc2)c1.COc1cc[c-]c(-n2[c-][n+](-c3cccc(OC)c3)c(-c3ccccc3)c2-c2ccccc2)c1.Cc1n[n-]c(-c2ccccn2)n1.[Ir]. The predicted molar refractivity (Wildman–Crippen MR) is 301 cm³/mol. The Morgan fingerprint density at radius 3 is 1.23 bits per heavy atom. The van der Waals surface area contributed by atoms with E-state index in [9.17, 15) is 0 Å². The summed E-state index contributed by atoms with van der Waals surface area (Å²) in [5, 5.41) is 7.65. The van der Waals surface area contributed by atoms with Gasteiger partial charge in [-0.3, -0.25) is 19.2 Å². The summed E-state index contributed by atoms with van der Waals surface area (Å²) in [6, 6.07) is 81.2. The molecular formula is C66H53IrN8O4-3. The molecule has 0 bridgehead atoms. The summed E-state index contributed by atoms with van der Waals surface area (Å²) in [4.78, 5) is 8.19. The van der Waals surface area contributed by atoms with Crippen LogP contribution in [0, 0.1) is 31.7 Å². The predicted octanol–water partition coefficient (Wildman–Crippen LogP) is 12.2. The summed E-state index contributed by atoms with van der Waals surface area (Å²) < 4.78 is 30.2. The molecule has 0 saturated carbocycles. The van der Waals surface area contributed by atoms with Gasteiger partial charge in [-0.05, 0) is 94.9 Å². The first-order valence-corrected chi connectivity index (χ1v) is 25.0. The van der Waals surface area contributed by atoms with Crippen LogP contribution in [-0.4, -0.2) is 52.6 Å². The number of ether oxygens (including phenoxy) is 4. The van der Waals surface area contributed by atoms with E-state index in [1.807, 2.05) is 149 Å². The van der Waals surface area contributed by atoms with Crippen LogP contribution in [0.1, 0.15) is 5.82 Å². The van der Waals surface area contributed by atoms with Crippen molar-refractivity contribution >= 4 is 0 Å². The number of pyridine rings is 1. The standard InChI is InChI=1S/2C29H23N2O2.C8H7N4.Ir/c2*1-32-26-17-9-15-24(19-26)30-21-31(25-16-10-18-27(20-25)33-2)29(23-13-7-4-8-14-23)28(30)22-11-5-3-6-12-22;1-6-10-8(12-11-6)7-4-2-3-5-9-7;/h2*3-15,17-20H,1-2H3;2-5H,1H3;/q3*-1;. The van der Waals surface area contributed by atoms with Crippen LogP contribution < -0.4 is 33.2 Å². The van der Waals surface area contributed by atoms with Crippen LogP contribution in [0.5, 0.6) is 23.0 Å². The number of benzene rings is 8. The van der Waals surface area contributed by atoms with Crippen molar-refractivity contribution in [3.8, 4) is 102 Å². The molecule has 0 aliphatic carbocycles. The molecule has 12 rings (SSSR count). The summed E-state index contributed by atoms with van der Waals surface area (Å²) in [6.45, 7) is 1.80. The number of hydrogen-bond acceptors (Lipinski definition) is 7. The third kappa shape index (κ3) is 12.5. The molecule has 0 N–H and O–H groups in total. The first kappa shape index (κ1) is 54.1. The van der Waals surface area contributed by atoms with Crippen LogP contribution in [0.2, 0.25) is 0 Å². The molecule has 0 amide bonds. The van der Waals surface area contributed by atoms with E-state index < -0.39 is 0 Å². The maximum Gasteiger partial charge on any atom is 0.268 e. The van der Waals surface area contributed by atoms with E-state index in [4.69, 9.17) is 18.9 Å². The Kier molecular flexibility index (Phi) is 17.7. The summed E-state index contributed by atoms with van der Waals surface area (Å²) in [5.41, 5.74) is 12.7. The van der Waals surface area contributed by atoms with Gasteiger partial charge in [0.15, 0.2) is 0 Å². The maximum absolute atomic E-state index is 5.50. The normalized spacial score (nSPS) is 10.5. The molecule has 12 aromatic rings. The Balaban J connectivity index is 0.000000157. The summed E-state index contributed by atoms with van der Waals surface area (Å²) in [5.74, 6) is 4.37.